The van der Waals surface area contributed by atoms with E-state index in [-0.39, 0.29) is 17.2 Å². The number of unbranched alkanes of at least 4 members (excludes halogenated alkanes) is 3. The zero-order valence-electron chi connectivity index (χ0n) is 14.5. The van der Waals surface area contributed by atoms with Gasteiger partial charge in [0.25, 0.3) is 0 Å². The van der Waals surface area contributed by atoms with Gasteiger partial charge in [-0.15, -0.1) is 6.58 Å². The molecule has 0 bridgehead atoms. The zero-order valence-corrected chi connectivity index (χ0v) is 15.5. The third-order valence-electron chi connectivity index (χ3n) is 4.43. The Kier molecular flexibility index (Phi) is 8.95. The fraction of sp³-hybridized carbons (Fsp3) is 0.882. The Morgan fingerprint density at radius 2 is 1.80 bits per heavy atom. The molecule has 0 heterocycles. The molecule has 0 aromatic heterocycles. The topological polar surface area (TPSA) is 29.5 Å². The number of hydrogen-bond acceptors (Lipinski definition) is 2. The Hall–Kier alpha value is -0.123. The highest BCUT2D eigenvalue weighted by atomic mass is 28.4. The van der Waals surface area contributed by atoms with E-state index in [1.54, 1.807) is 0 Å². The molecule has 2 atom stereocenters. The second-order valence-corrected chi connectivity index (χ2v) is 12.1. The van der Waals surface area contributed by atoms with E-state index in [0.717, 1.165) is 19.3 Å². The van der Waals surface area contributed by atoms with Gasteiger partial charge in [-0.05, 0) is 31.0 Å². The summed E-state index contributed by atoms with van der Waals surface area (Å²) in [5.74, 6) is 0. The van der Waals surface area contributed by atoms with Crippen LogP contribution >= 0.6 is 0 Å². The molecule has 0 unspecified atom stereocenters. The molecule has 0 fully saturated rings. The molecule has 0 aliphatic rings. The first-order valence-electron chi connectivity index (χ1n) is 8.12. The smallest absolute Gasteiger partial charge is 0.192 e. The van der Waals surface area contributed by atoms with Gasteiger partial charge in [0.1, 0.15) is 0 Å². The van der Waals surface area contributed by atoms with Crippen molar-refractivity contribution in [3.05, 3.63) is 12.7 Å². The summed E-state index contributed by atoms with van der Waals surface area (Å²) < 4.78 is 6.38. The van der Waals surface area contributed by atoms with Crippen LogP contribution in [0.2, 0.25) is 18.1 Å². The molecule has 0 saturated carbocycles. The monoisotopic (exact) mass is 300 g/mol. The van der Waals surface area contributed by atoms with Crippen molar-refractivity contribution in [2.45, 2.75) is 96.6 Å². The predicted octanol–water partition coefficient (Wildman–Crippen LogP) is 5.28. The summed E-state index contributed by atoms with van der Waals surface area (Å²) in [6, 6.07) is 0. The lowest BCUT2D eigenvalue weighted by Crippen LogP contribution is -2.47. The largest absolute Gasteiger partial charge is 0.411 e. The summed E-state index contributed by atoms with van der Waals surface area (Å²) in [5.41, 5.74) is 0. The van der Waals surface area contributed by atoms with Crippen LogP contribution in [0.15, 0.2) is 12.7 Å². The second-order valence-electron chi connectivity index (χ2n) is 7.36. The average molecular weight is 301 g/mol. The molecule has 0 spiro atoms. The molecule has 0 rings (SSSR count). The van der Waals surface area contributed by atoms with E-state index in [4.69, 9.17) is 4.43 Å². The fourth-order valence-electron chi connectivity index (χ4n) is 1.97. The van der Waals surface area contributed by atoms with E-state index in [9.17, 15) is 5.11 Å². The summed E-state index contributed by atoms with van der Waals surface area (Å²) in [7, 11) is -1.83. The standard InChI is InChI=1S/C17H36O2Si/c1-8-10-11-12-14-15(18)16(13-9-2)19-20(6,7)17(3,4)5/h9,15-16,18H,2,8,10-14H2,1,3-7H3/t15-,16+/m0/s1. The first-order chi connectivity index (χ1) is 9.15. The molecule has 0 radical (unpaired) electrons. The van der Waals surface area contributed by atoms with Gasteiger partial charge in [-0.3, -0.25) is 0 Å². The van der Waals surface area contributed by atoms with Crippen LogP contribution in [0.25, 0.3) is 0 Å². The molecule has 20 heavy (non-hydrogen) atoms. The second kappa shape index (κ2) is 9.01. The van der Waals surface area contributed by atoms with Crippen molar-refractivity contribution in [3.63, 3.8) is 0 Å². The van der Waals surface area contributed by atoms with E-state index in [0.29, 0.717) is 0 Å². The Bertz CT molecular complexity index is 269. The van der Waals surface area contributed by atoms with Crippen molar-refractivity contribution >= 4 is 8.32 Å². The molecule has 1 N–H and O–H groups in total. The summed E-state index contributed by atoms with van der Waals surface area (Å²) in [6.45, 7) is 17.2. The third-order valence-corrected chi connectivity index (χ3v) is 8.94. The Morgan fingerprint density at radius 1 is 1.20 bits per heavy atom. The van der Waals surface area contributed by atoms with Crippen LogP contribution in [0.1, 0.15) is 66.2 Å². The molecule has 0 aromatic rings. The summed E-state index contributed by atoms with van der Waals surface area (Å²) in [4.78, 5) is 0. The first-order valence-corrected chi connectivity index (χ1v) is 11.0. The molecule has 0 aliphatic heterocycles. The van der Waals surface area contributed by atoms with Crippen molar-refractivity contribution in [3.8, 4) is 0 Å². The van der Waals surface area contributed by atoms with Crippen LogP contribution in [0.4, 0.5) is 0 Å². The van der Waals surface area contributed by atoms with E-state index in [2.05, 4.69) is 47.4 Å². The van der Waals surface area contributed by atoms with Crippen LogP contribution in [0.3, 0.4) is 0 Å². The lowest BCUT2D eigenvalue weighted by molar-refractivity contribution is 0.0228. The Balaban J connectivity index is 4.51. The number of rotatable bonds is 10. The molecule has 120 valence electrons. The van der Waals surface area contributed by atoms with Crippen LogP contribution in [-0.2, 0) is 4.43 Å². The van der Waals surface area contributed by atoms with Crippen molar-refractivity contribution < 1.29 is 9.53 Å². The van der Waals surface area contributed by atoms with Gasteiger partial charge >= 0.3 is 0 Å². The molecule has 2 nitrogen and oxygen atoms in total. The quantitative estimate of drug-likeness (QED) is 0.338. The van der Waals surface area contributed by atoms with Gasteiger partial charge in [0.15, 0.2) is 8.32 Å². The number of aliphatic hydroxyl groups is 1. The predicted molar refractivity (Wildman–Crippen MR) is 91.6 cm³/mol. The van der Waals surface area contributed by atoms with Crippen LogP contribution in [0.5, 0.6) is 0 Å². The van der Waals surface area contributed by atoms with Crippen molar-refractivity contribution in [2.75, 3.05) is 0 Å². The number of hydrogen-bond donors (Lipinski definition) is 1. The molecular formula is C17H36O2Si. The number of aliphatic hydroxyl groups excluding tert-OH is 1. The third kappa shape index (κ3) is 7.05. The van der Waals surface area contributed by atoms with Gasteiger partial charge in [-0.2, -0.15) is 0 Å². The van der Waals surface area contributed by atoms with Crippen LogP contribution in [-0.4, -0.2) is 25.6 Å². The summed E-state index contributed by atoms with van der Waals surface area (Å²) in [5, 5.41) is 10.6. The van der Waals surface area contributed by atoms with E-state index < -0.39 is 8.32 Å². The Labute approximate surface area is 127 Å². The van der Waals surface area contributed by atoms with E-state index in [1.807, 2.05) is 6.08 Å². The first kappa shape index (κ1) is 19.9. The normalized spacial score (nSPS) is 15.9. The van der Waals surface area contributed by atoms with Gasteiger partial charge in [-0.25, -0.2) is 0 Å². The maximum absolute atomic E-state index is 10.4. The molecular weight excluding hydrogens is 264 g/mol. The summed E-state index contributed by atoms with van der Waals surface area (Å²) in [6.07, 6.45) is 7.77. The van der Waals surface area contributed by atoms with Crippen molar-refractivity contribution in [1.29, 1.82) is 0 Å². The van der Waals surface area contributed by atoms with E-state index in [1.165, 1.54) is 19.3 Å². The minimum atomic E-state index is -1.83. The summed E-state index contributed by atoms with van der Waals surface area (Å²) >= 11 is 0. The lowest BCUT2D eigenvalue weighted by Gasteiger charge is -2.40. The SMILES string of the molecule is C=CC[C@@H](O[Si](C)(C)C(C)(C)C)[C@@H](O)CCCCCC. The van der Waals surface area contributed by atoms with Gasteiger partial charge in [-0.1, -0.05) is 59.5 Å². The highest BCUT2D eigenvalue weighted by molar-refractivity contribution is 6.74. The van der Waals surface area contributed by atoms with Gasteiger partial charge in [0.2, 0.25) is 0 Å². The van der Waals surface area contributed by atoms with Crippen molar-refractivity contribution in [1.82, 2.24) is 0 Å². The molecule has 0 amide bonds. The Morgan fingerprint density at radius 3 is 2.25 bits per heavy atom. The molecule has 3 heteroatoms. The minimum Gasteiger partial charge on any atom is -0.411 e. The highest BCUT2D eigenvalue weighted by Crippen LogP contribution is 2.38. The van der Waals surface area contributed by atoms with Crippen LogP contribution in [0, 0.1) is 0 Å². The maximum atomic E-state index is 10.4. The van der Waals surface area contributed by atoms with Crippen molar-refractivity contribution in [2.24, 2.45) is 0 Å². The zero-order chi connectivity index (χ0) is 15.8. The highest BCUT2D eigenvalue weighted by Gasteiger charge is 2.40. The minimum absolute atomic E-state index is 0.0879. The van der Waals surface area contributed by atoms with E-state index >= 15 is 0 Å². The van der Waals surface area contributed by atoms with Crippen LogP contribution < -0.4 is 0 Å². The maximum Gasteiger partial charge on any atom is 0.192 e. The molecule has 0 aliphatic carbocycles. The fourth-order valence-corrected chi connectivity index (χ4v) is 3.33. The molecule has 0 aromatic carbocycles. The van der Waals surface area contributed by atoms with Gasteiger partial charge in [0, 0.05) is 0 Å². The molecule has 0 saturated heterocycles. The lowest BCUT2D eigenvalue weighted by atomic mass is 10.0. The average Bonchev–Trinajstić information content (AvgIpc) is 2.32. The van der Waals surface area contributed by atoms with Gasteiger partial charge in [0.05, 0.1) is 12.2 Å². The van der Waals surface area contributed by atoms with Gasteiger partial charge < -0.3 is 9.53 Å².